The number of aliphatic hydroxyl groups is 3. The van der Waals surface area contributed by atoms with Crippen molar-refractivity contribution in [1.82, 2.24) is 0 Å². The average molecular weight is 921 g/mol. The van der Waals surface area contributed by atoms with Gasteiger partial charge in [-0.05, 0) is 70.6 Å². The van der Waals surface area contributed by atoms with Crippen molar-refractivity contribution in [3.05, 3.63) is 60.8 Å². The fraction of sp³-hybridized carbons (Fsp3) is 0.705. The zero-order valence-electron chi connectivity index (χ0n) is 36.7. The number of hydrogen-bond donors (Lipinski definition) is 6. The van der Waals surface area contributed by atoms with Crippen LogP contribution in [0.1, 0.15) is 136 Å². The lowest BCUT2D eigenvalue weighted by Gasteiger charge is -2.20. The van der Waals surface area contributed by atoms with Crippen molar-refractivity contribution in [3.63, 3.8) is 0 Å². The molecule has 1 rings (SSSR count). The molecule has 0 aromatic heterocycles. The first kappa shape index (κ1) is 57.4. The van der Waals surface area contributed by atoms with E-state index in [4.69, 9.17) is 23.8 Å². The third-order valence-corrected chi connectivity index (χ3v) is 11.2. The molecule has 0 heterocycles. The van der Waals surface area contributed by atoms with E-state index in [1.807, 2.05) is 12.2 Å². The lowest BCUT2D eigenvalue weighted by Crippen LogP contribution is -2.29. The van der Waals surface area contributed by atoms with E-state index in [2.05, 4.69) is 59.4 Å². The van der Waals surface area contributed by atoms with Gasteiger partial charge in [0.05, 0.1) is 32.0 Å². The van der Waals surface area contributed by atoms with E-state index in [-0.39, 0.29) is 25.0 Å². The summed E-state index contributed by atoms with van der Waals surface area (Å²) in [6, 6.07) is 0. The van der Waals surface area contributed by atoms with Gasteiger partial charge in [-0.15, -0.1) is 0 Å². The van der Waals surface area contributed by atoms with Crippen LogP contribution in [0.4, 0.5) is 0 Å². The van der Waals surface area contributed by atoms with E-state index < -0.39 is 90.3 Å². The number of phosphoric ester groups is 2. The maximum Gasteiger partial charge on any atom is 0.472 e. The fourth-order valence-corrected chi connectivity index (χ4v) is 7.43. The van der Waals surface area contributed by atoms with E-state index in [0.717, 1.165) is 51.4 Å². The Morgan fingerprint density at radius 3 is 1.94 bits per heavy atom. The Labute approximate surface area is 368 Å². The van der Waals surface area contributed by atoms with Crippen LogP contribution >= 0.6 is 15.6 Å². The van der Waals surface area contributed by atoms with Gasteiger partial charge in [-0.3, -0.25) is 28.0 Å². The first-order valence-corrected chi connectivity index (χ1v) is 25.1. The number of rotatable bonds is 37. The van der Waals surface area contributed by atoms with Crippen LogP contribution < -0.4 is 0 Å². The summed E-state index contributed by atoms with van der Waals surface area (Å²) in [5.41, 5.74) is 0. The van der Waals surface area contributed by atoms with Gasteiger partial charge in [0.25, 0.3) is 0 Å². The number of esters is 2. The van der Waals surface area contributed by atoms with Crippen LogP contribution in [0.15, 0.2) is 60.8 Å². The molecule has 0 bridgehead atoms. The smallest absolute Gasteiger partial charge is 0.462 e. The molecule has 6 N–H and O–H groups in total. The number of unbranched alkanes of at least 4 members (excludes halogenated alkanes) is 8. The van der Waals surface area contributed by atoms with E-state index >= 15 is 0 Å². The molecular weight excluding hydrogens is 846 g/mol. The molecule has 0 aromatic carbocycles. The molecule has 1 aliphatic carbocycles. The molecule has 0 radical (unpaired) electrons. The standard InChI is InChI=1S/C44H74O16P2/c1-3-5-7-8-9-10-11-12-13-14-15-16-17-18-23-27-43(49)56-34-38(35-59-62(54,55)58-33-37(46)32-57-61(51,52)53)60-44(50)28-24-20-19-22-26-39-40(42(48)31-41(39)47)30-29-36(45)25-21-6-4-2/h9-10,12-13,15-16,19,22,29-30,36-40,42,45-46,48H,3-8,11,14,17-18,20-21,23-28,31-35H2,1-2H3,(H,54,55)(H2,51,52,53)/b10-9-,13-12-,16-15-,22-19-,30-29+/t36-,37-,38+,39+,40+,42+/m0/s1. The lowest BCUT2D eigenvalue weighted by molar-refractivity contribution is -0.161. The van der Waals surface area contributed by atoms with Gasteiger partial charge in [-0.1, -0.05) is 107 Å². The van der Waals surface area contributed by atoms with E-state index in [1.54, 1.807) is 12.2 Å². The predicted octanol–water partition coefficient (Wildman–Crippen LogP) is 7.81. The zero-order chi connectivity index (χ0) is 46.1. The van der Waals surface area contributed by atoms with Crippen LogP contribution in [0.2, 0.25) is 0 Å². The highest BCUT2D eigenvalue weighted by Gasteiger charge is 2.39. The summed E-state index contributed by atoms with van der Waals surface area (Å²) in [5.74, 6) is -2.17. The molecule has 16 nitrogen and oxygen atoms in total. The quantitative estimate of drug-likeness (QED) is 0.0150. The summed E-state index contributed by atoms with van der Waals surface area (Å²) in [6.45, 7) is 1.26. The van der Waals surface area contributed by atoms with Crippen LogP contribution in [0, 0.1) is 11.8 Å². The molecule has 18 heteroatoms. The van der Waals surface area contributed by atoms with Gasteiger partial charge >= 0.3 is 27.6 Å². The molecule has 0 amide bonds. The summed E-state index contributed by atoms with van der Waals surface area (Å²) in [6.07, 6.45) is 28.7. The second kappa shape index (κ2) is 34.8. The Morgan fingerprint density at radius 1 is 0.710 bits per heavy atom. The van der Waals surface area contributed by atoms with Crippen molar-refractivity contribution < 1.29 is 76.6 Å². The van der Waals surface area contributed by atoms with Crippen molar-refractivity contribution in [1.29, 1.82) is 0 Å². The number of Topliss-reactive ketones (excluding diaryl/α,β-unsaturated/α-hetero) is 1. The summed E-state index contributed by atoms with van der Waals surface area (Å²) in [7, 11) is -9.80. The Morgan fingerprint density at radius 2 is 1.27 bits per heavy atom. The molecular formula is C44H74O16P2. The Kier molecular flexibility index (Phi) is 32.2. The molecule has 1 fully saturated rings. The van der Waals surface area contributed by atoms with Crippen LogP contribution in [0.25, 0.3) is 0 Å². The number of allylic oxidation sites excluding steroid dienone is 8. The Bertz CT molecular complexity index is 1490. The summed E-state index contributed by atoms with van der Waals surface area (Å²) in [5, 5.41) is 30.5. The van der Waals surface area contributed by atoms with E-state index in [9.17, 15) is 43.7 Å². The number of phosphoric acid groups is 2. The number of ketones is 1. The van der Waals surface area contributed by atoms with Crippen molar-refractivity contribution >= 4 is 33.4 Å². The molecule has 1 unspecified atom stereocenters. The first-order valence-electron chi connectivity index (χ1n) is 22.1. The highest BCUT2D eigenvalue weighted by atomic mass is 31.2. The van der Waals surface area contributed by atoms with Gasteiger partial charge in [-0.25, -0.2) is 9.13 Å². The number of ether oxygens (including phenoxy) is 2. The van der Waals surface area contributed by atoms with Crippen LogP contribution in [0.5, 0.6) is 0 Å². The molecule has 1 saturated carbocycles. The van der Waals surface area contributed by atoms with Gasteiger partial charge in [0.2, 0.25) is 0 Å². The molecule has 0 saturated heterocycles. The summed E-state index contributed by atoms with van der Waals surface area (Å²) >= 11 is 0. The highest BCUT2D eigenvalue weighted by Crippen LogP contribution is 2.44. The minimum atomic E-state index is -4.91. The first-order chi connectivity index (χ1) is 29.6. The third kappa shape index (κ3) is 31.3. The molecule has 7 atom stereocenters. The minimum absolute atomic E-state index is 0.0491. The summed E-state index contributed by atoms with van der Waals surface area (Å²) < 4.78 is 47.7. The SMILES string of the molecule is CCCCC/C=C\C/C=C\C/C=C\CCCCC(=O)OC[C@H](COP(=O)(O)OC[C@@H](O)COP(=O)(O)O)OC(=O)CCC/C=C\C[C@H]1C(=O)C[C@@H](O)[C@@H]1/C=C/[C@@H](O)CCCCC. The van der Waals surface area contributed by atoms with Gasteiger partial charge in [0, 0.05) is 31.1 Å². The van der Waals surface area contributed by atoms with Gasteiger partial charge < -0.3 is 39.5 Å². The second-order valence-electron chi connectivity index (χ2n) is 15.4. The Hall–Kier alpha value is -2.59. The summed E-state index contributed by atoms with van der Waals surface area (Å²) in [4.78, 5) is 65.4. The molecule has 0 spiro atoms. The van der Waals surface area contributed by atoms with Crippen LogP contribution in [-0.2, 0) is 46.6 Å². The van der Waals surface area contributed by atoms with E-state index in [1.165, 1.54) is 19.3 Å². The fourth-order valence-electron chi connectivity index (χ4n) is 6.28. The molecule has 0 aromatic rings. The second-order valence-corrected chi connectivity index (χ2v) is 18.1. The number of carbonyl (C=O) groups is 3. The molecule has 0 aliphatic heterocycles. The molecule has 1 aliphatic rings. The Balaban J connectivity index is 2.62. The normalized spacial score (nSPS) is 19.9. The molecule has 62 heavy (non-hydrogen) atoms. The van der Waals surface area contributed by atoms with Crippen LogP contribution in [-0.4, -0.2) is 98.6 Å². The van der Waals surface area contributed by atoms with Gasteiger partial charge in [0.1, 0.15) is 18.5 Å². The average Bonchev–Trinajstić information content (AvgIpc) is 3.49. The zero-order valence-corrected chi connectivity index (χ0v) is 38.5. The number of hydrogen-bond acceptors (Lipinski definition) is 13. The molecule has 356 valence electrons. The maximum absolute atomic E-state index is 12.8. The van der Waals surface area contributed by atoms with E-state index in [0.29, 0.717) is 32.1 Å². The van der Waals surface area contributed by atoms with Crippen molar-refractivity contribution in [2.24, 2.45) is 11.8 Å². The van der Waals surface area contributed by atoms with Crippen molar-refractivity contribution in [2.75, 3.05) is 26.4 Å². The number of carbonyl (C=O) groups excluding carboxylic acids is 3. The number of aliphatic hydroxyl groups excluding tert-OH is 3. The maximum atomic E-state index is 12.8. The third-order valence-electron chi connectivity index (χ3n) is 9.74. The van der Waals surface area contributed by atoms with Crippen molar-refractivity contribution in [3.8, 4) is 0 Å². The van der Waals surface area contributed by atoms with Crippen molar-refractivity contribution in [2.45, 2.75) is 160 Å². The lowest BCUT2D eigenvalue weighted by atomic mass is 9.90. The minimum Gasteiger partial charge on any atom is -0.462 e. The van der Waals surface area contributed by atoms with Gasteiger partial charge in [0.15, 0.2) is 6.10 Å². The monoisotopic (exact) mass is 920 g/mol. The highest BCUT2D eigenvalue weighted by molar-refractivity contribution is 7.47. The van der Waals surface area contributed by atoms with Crippen LogP contribution in [0.3, 0.4) is 0 Å². The predicted molar refractivity (Wildman–Crippen MR) is 235 cm³/mol. The largest absolute Gasteiger partial charge is 0.472 e. The van der Waals surface area contributed by atoms with Gasteiger partial charge in [-0.2, -0.15) is 0 Å². The topological polar surface area (TPSA) is 253 Å².